The quantitative estimate of drug-likeness (QED) is 0.769. The highest BCUT2D eigenvalue weighted by Crippen LogP contribution is 2.27. The van der Waals surface area contributed by atoms with Crippen molar-refractivity contribution in [3.63, 3.8) is 0 Å². The van der Waals surface area contributed by atoms with E-state index < -0.39 is 0 Å². The zero-order valence-electron chi connectivity index (χ0n) is 18.6. The van der Waals surface area contributed by atoms with Crippen molar-refractivity contribution in [2.45, 2.75) is 71.7 Å². The third-order valence-corrected chi connectivity index (χ3v) is 5.68. The molecule has 3 rings (SSSR count). The van der Waals surface area contributed by atoms with Gasteiger partial charge in [0.05, 0.1) is 24.5 Å². The lowest BCUT2D eigenvalue weighted by atomic mass is 9.94. The first-order valence-electron chi connectivity index (χ1n) is 10.7. The Labute approximate surface area is 170 Å². The summed E-state index contributed by atoms with van der Waals surface area (Å²) in [7, 11) is 1.72. The minimum atomic E-state index is -0.0689. The van der Waals surface area contributed by atoms with Crippen molar-refractivity contribution < 1.29 is 9.47 Å². The van der Waals surface area contributed by atoms with E-state index >= 15 is 0 Å². The Morgan fingerprint density at radius 2 is 1.75 bits per heavy atom. The summed E-state index contributed by atoms with van der Waals surface area (Å²) in [6.07, 6.45) is 3.13. The van der Waals surface area contributed by atoms with Crippen LogP contribution in [0, 0.1) is 5.92 Å². The fraction of sp³-hybridized carbons (Fsp3) is 0.818. The van der Waals surface area contributed by atoms with E-state index in [1.54, 1.807) is 7.11 Å². The molecule has 0 spiro atoms. The molecule has 2 unspecified atom stereocenters. The third-order valence-electron chi connectivity index (χ3n) is 5.68. The molecule has 1 aromatic heterocycles. The fourth-order valence-electron chi connectivity index (χ4n) is 4.35. The highest BCUT2D eigenvalue weighted by atomic mass is 16.5. The molecule has 6 nitrogen and oxygen atoms in total. The number of aromatic nitrogens is 2. The van der Waals surface area contributed by atoms with Gasteiger partial charge >= 0.3 is 0 Å². The summed E-state index contributed by atoms with van der Waals surface area (Å²) in [5.41, 5.74) is 0.899. The van der Waals surface area contributed by atoms with Crippen molar-refractivity contribution in [3.8, 4) is 0 Å². The maximum absolute atomic E-state index is 5.88. The van der Waals surface area contributed by atoms with Crippen LogP contribution in [-0.2, 0) is 21.5 Å². The first-order valence-corrected chi connectivity index (χ1v) is 10.7. The number of rotatable bonds is 5. The van der Waals surface area contributed by atoms with Gasteiger partial charge in [0.15, 0.2) is 0 Å². The fourth-order valence-corrected chi connectivity index (χ4v) is 4.35. The second kappa shape index (κ2) is 9.06. The van der Waals surface area contributed by atoms with Crippen LogP contribution in [0.5, 0.6) is 0 Å². The van der Waals surface area contributed by atoms with E-state index in [1.807, 2.05) is 0 Å². The third kappa shape index (κ3) is 5.65. The first kappa shape index (κ1) is 21.5. The smallest absolute Gasteiger partial charge is 0.136 e. The average molecular weight is 391 g/mol. The van der Waals surface area contributed by atoms with E-state index in [-0.39, 0.29) is 5.41 Å². The van der Waals surface area contributed by atoms with E-state index in [2.05, 4.69) is 50.5 Å². The van der Waals surface area contributed by atoms with Crippen LogP contribution in [-0.4, -0.2) is 66.9 Å². The zero-order valence-corrected chi connectivity index (χ0v) is 18.6. The molecule has 0 aliphatic carbocycles. The minimum Gasteiger partial charge on any atom is -0.378 e. The summed E-state index contributed by atoms with van der Waals surface area (Å²) >= 11 is 0. The van der Waals surface area contributed by atoms with Gasteiger partial charge in [-0.2, -0.15) is 0 Å². The van der Waals surface area contributed by atoms with Crippen LogP contribution < -0.4 is 4.90 Å². The largest absolute Gasteiger partial charge is 0.378 e. The lowest BCUT2D eigenvalue weighted by Gasteiger charge is -2.40. The SMILES string of the molecule is COCc1cc(N2CCC(CN3CC(C)OC(C)C3)CC2)nc(C(C)(C)C)n1. The monoisotopic (exact) mass is 390 g/mol. The van der Waals surface area contributed by atoms with Gasteiger partial charge in [-0.05, 0) is 32.6 Å². The number of ether oxygens (including phenoxy) is 2. The number of piperidine rings is 1. The molecule has 2 saturated heterocycles. The molecule has 2 aliphatic heterocycles. The van der Waals surface area contributed by atoms with Crippen LogP contribution in [0.3, 0.4) is 0 Å². The van der Waals surface area contributed by atoms with Crippen LogP contribution in [0.1, 0.15) is 59.0 Å². The van der Waals surface area contributed by atoms with Gasteiger partial charge in [0, 0.05) is 51.3 Å². The minimum absolute atomic E-state index is 0.0689. The van der Waals surface area contributed by atoms with Crippen molar-refractivity contribution in [2.24, 2.45) is 5.92 Å². The van der Waals surface area contributed by atoms with Crippen molar-refractivity contribution in [1.82, 2.24) is 14.9 Å². The Bertz CT molecular complexity index is 628. The summed E-state index contributed by atoms with van der Waals surface area (Å²) in [6, 6.07) is 2.10. The predicted molar refractivity (Wildman–Crippen MR) is 113 cm³/mol. The van der Waals surface area contributed by atoms with Gasteiger partial charge in [-0.25, -0.2) is 9.97 Å². The molecule has 6 heteroatoms. The van der Waals surface area contributed by atoms with E-state index in [9.17, 15) is 0 Å². The van der Waals surface area contributed by atoms with Gasteiger partial charge in [-0.1, -0.05) is 20.8 Å². The maximum atomic E-state index is 5.88. The topological polar surface area (TPSA) is 50.7 Å². The van der Waals surface area contributed by atoms with Gasteiger partial charge in [-0.15, -0.1) is 0 Å². The molecule has 0 bridgehead atoms. The first-order chi connectivity index (χ1) is 13.2. The molecule has 0 saturated carbocycles. The molecule has 28 heavy (non-hydrogen) atoms. The lowest BCUT2D eigenvalue weighted by molar-refractivity contribution is -0.0720. The average Bonchev–Trinajstić information content (AvgIpc) is 2.61. The number of hydrogen-bond donors (Lipinski definition) is 0. The summed E-state index contributed by atoms with van der Waals surface area (Å²) in [4.78, 5) is 14.6. The van der Waals surface area contributed by atoms with Crippen LogP contribution in [0.15, 0.2) is 6.07 Å². The molecule has 1 aromatic rings. The van der Waals surface area contributed by atoms with Crippen molar-refractivity contribution in [3.05, 3.63) is 17.6 Å². The number of nitrogens with zero attached hydrogens (tertiary/aromatic N) is 4. The number of anilines is 1. The summed E-state index contributed by atoms with van der Waals surface area (Å²) in [6.45, 7) is 16.8. The van der Waals surface area contributed by atoms with E-state index in [0.717, 1.165) is 49.4 Å². The van der Waals surface area contributed by atoms with Gasteiger partial charge in [0.2, 0.25) is 0 Å². The maximum Gasteiger partial charge on any atom is 0.136 e. The Morgan fingerprint density at radius 3 is 2.32 bits per heavy atom. The number of morpholine rings is 1. The molecule has 158 valence electrons. The number of hydrogen-bond acceptors (Lipinski definition) is 6. The van der Waals surface area contributed by atoms with Gasteiger partial charge in [0.1, 0.15) is 11.6 Å². The summed E-state index contributed by atoms with van der Waals surface area (Å²) in [5.74, 6) is 2.71. The highest BCUT2D eigenvalue weighted by molar-refractivity contribution is 5.41. The zero-order chi connectivity index (χ0) is 20.3. The van der Waals surface area contributed by atoms with Crippen molar-refractivity contribution in [2.75, 3.05) is 44.7 Å². The molecular formula is C22H38N4O2. The second-order valence-electron chi connectivity index (χ2n) is 9.63. The molecule has 2 aliphatic rings. The highest BCUT2D eigenvalue weighted by Gasteiger charge is 2.28. The lowest BCUT2D eigenvalue weighted by Crippen LogP contribution is -2.48. The van der Waals surface area contributed by atoms with Gasteiger partial charge in [0.25, 0.3) is 0 Å². The molecule has 3 heterocycles. The molecule has 0 amide bonds. The van der Waals surface area contributed by atoms with Crippen LogP contribution in [0.25, 0.3) is 0 Å². The van der Waals surface area contributed by atoms with E-state index in [1.165, 1.54) is 19.4 Å². The Morgan fingerprint density at radius 1 is 1.11 bits per heavy atom. The van der Waals surface area contributed by atoms with Crippen LogP contribution in [0.4, 0.5) is 5.82 Å². The van der Waals surface area contributed by atoms with Crippen molar-refractivity contribution in [1.29, 1.82) is 0 Å². The van der Waals surface area contributed by atoms with Crippen molar-refractivity contribution >= 4 is 5.82 Å². The Kier molecular flexibility index (Phi) is 6.94. The Balaban J connectivity index is 1.62. The van der Waals surface area contributed by atoms with Crippen LogP contribution in [0.2, 0.25) is 0 Å². The normalized spacial score (nSPS) is 25.3. The molecule has 0 N–H and O–H groups in total. The summed E-state index contributed by atoms with van der Waals surface area (Å²) in [5, 5.41) is 0. The van der Waals surface area contributed by atoms with Gasteiger partial charge < -0.3 is 14.4 Å². The molecule has 0 radical (unpaired) electrons. The number of methoxy groups -OCH3 is 1. The predicted octanol–water partition coefficient (Wildman–Crippen LogP) is 3.25. The molecule has 2 fully saturated rings. The molecule has 2 atom stereocenters. The molecule has 0 aromatic carbocycles. The standard InChI is InChI=1S/C22H38N4O2/c1-16-12-25(13-17(2)28-16)14-18-7-9-26(10-8-18)20-11-19(15-27-6)23-21(24-20)22(3,4)5/h11,16-18H,7-10,12-15H2,1-6H3. The second-order valence-corrected chi connectivity index (χ2v) is 9.63. The summed E-state index contributed by atoms with van der Waals surface area (Å²) < 4.78 is 11.2. The van der Waals surface area contributed by atoms with E-state index in [0.29, 0.717) is 18.8 Å². The molecular weight excluding hydrogens is 352 g/mol. The van der Waals surface area contributed by atoms with Gasteiger partial charge in [-0.3, -0.25) is 4.90 Å². The Hall–Kier alpha value is -1.24. The van der Waals surface area contributed by atoms with Crippen LogP contribution >= 0.6 is 0 Å². The van der Waals surface area contributed by atoms with E-state index in [4.69, 9.17) is 19.4 Å².